The molecule has 0 bridgehead atoms. The van der Waals surface area contributed by atoms with Crippen molar-refractivity contribution in [1.82, 2.24) is 10.2 Å². The Morgan fingerprint density at radius 2 is 2.30 bits per heavy atom. The Bertz CT molecular complexity index is 415. The number of nitrogens with one attached hydrogen (secondary N) is 1. The Hall–Kier alpha value is -0.550. The van der Waals surface area contributed by atoms with Crippen molar-refractivity contribution in [3.8, 4) is 0 Å². The molecule has 1 N–H and O–H groups in total. The van der Waals surface area contributed by atoms with E-state index in [1.54, 1.807) is 0 Å². The largest absolute Gasteiger partial charge is 0.378 e. The third-order valence-electron chi connectivity index (χ3n) is 4.13. The van der Waals surface area contributed by atoms with Crippen molar-refractivity contribution >= 4 is 11.8 Å². The number of ether oxygens (including phenoxy) is 1. The fraction of sp³-hybridized carbons (Fsp3) is 0.625. The average Bonchev–Trinajstić information content (AvgIpc) is 2.88. The van der Waals surface area contributed by atoms with Crippen molar-refractivity contribution < 1.29 is 4.74 Å². The first kappa shape index (κ1) is 14.4. The van der Waals surface area contributed by atoms with Gasteiger partial charge in [0.1, 0.15) is 0 Å². The van der Waals surface area contributed by atoms with Gasteiger partial charge in [0.25, 0.3) is 0 Å². The molecule has 0 aliphatic carbocycles. The molecule has 3 nitrogen and oxygen atoms in total. The highest BCUT2D eigenvalue weighted by molar-refractivity contribution is 8.00. The van der Waals surface area contributed by atoms with E-state index >= 15 is 0 Å². The number of likely N-dealkylation sites (N-methyl/N-ethyl adjacent to an activating group) is 1. The van der Waals surface area contributed by atoms with Gasteiger partial charge in [-0.3, -0.25) is 4.90 Å². The molecular formula is C16H24N2OS. The van der Waals surface area contributed by atoms with Crippen molar-refractivity contribution in [3.63, 3.8) is 0 Å². The first-order valence-electron chi connectivity index (χ1n) is 7.64. The summed E-state index contributed by atoms with van der Waals surface area (Å²) in [5.41, 5.74) is 1.53. The molecule has 2 aliphatic rings. The predicted molar refractivity (Wildman–Crippen MR) is 84.5 cm³/mol. The third kappa shape index (κ3) is 3.37. The summed E-state index contributed by atoms with van der Waals surface area (Å²) in [7, 11) is 0. The van der Waals surface area contributed by atoms with E-state index < -0.39 is 0 Å². The Balaban J connectivity index is 1.57. The molecule has 0 aromatic heterocycles. The highest BCUT2D eigenvalue weighted by Crippen LogP contribution is 2.37. The van der Waals surface area contributed by atoms with Crippen LogP contribution in [0, 0.1) is 0 Å². The minimum Gasteiger partial charge on any atom is -0.378 e. The van der Waals surface area contributed by atoms with Gasteiger partial charge in [0.15, 0.2) is 0 Å². The lowest BCUT2D eigenvalue weighted by Gasteiger charge is -2.37. The van der Waals surface area contributed by atoms with Crippen LogP contribution in [0.25, 0.3) is 0 Å². The Labute approximate surface area is 126 Å². The molecule has 0 spiro atoms. The Morgan fingerprint density at radius 1 is 1.40 bits per heavy atom. The average molecular weight is 292 g/mol. The van der Waals surface area contributed by atoms with Crippen LogP contribution in [0.3, 0.4) is 0 Å². The number of rotatable bonds is 5. The maximum absolute atomic E-state index is 5.65. The van der Waals surface area contributed by atoms with Gasteiger partial charge in [0.2, 0.25) is 0 Å². The predicted octanol–water partition coefficient (Wildman–Crippen LogP) is 2.01. The molecule has 4 heteroatoms. The highest BCUT2D eigenvalue weighted by atomic mass is 32.2. The second-order valence-electron chi connectivity index (χ2n) is 5.58. The van der Waals surface area contributed by atoms with Crippen LogP contribution in [0.1, 0.15) is 12.5 Å². The van der Waals surface area contributed by atoms with Gasteiger partial charge in [-0.05, 0) is 24.6 Å². The number of benzene rings is 1. The maximum atomic E-state index is 5.65. The van der Waals surface area contributed by atoms with E-state index in [0.717, 1.165) is 32.8 Å². The summed E-state index contributed by atoms with van der Waals surface area (Å²) in [5, 5.41) is 4.16. The van der Waals surface area contributed by atoms with Gasteiger partial charge >= 0.3 is 0 Å². The summed E-state index contributed by atoms with van der Waals surface area (Å²) >= 11 is 2.05. The molecule has 1 saturated heterocycles. The summed E-state index contributed by atoms with van der Waals surface area (Å²) in [6, 6.07) is 9.38. The van der Waals surface area contributed by atoms with Gasteiger partial charge < -0.3 is 10.1 Å². The van der Waals surface area contributed by atoms with Crippen LogP contribution >= 0.6 is 11.8 Å². The summed E-state index contributed by atoms with van der Waals surface area (Å²) < 4.78 is 5.65. The van der Waals surface area contributed by atoms with Crippen molar-refractivity contribution in [2.45, 2.75) is 29.5 Å². The molecule has 0 radical (unpaired) electrons. The molecule has 3 rings (SSSR count). The first-order valence-corrected chi connectivity index (χ1v) is 8.52. The minimum atomic E-state index is 0.535. The molecule has 1 fully saturated rings. The van der Waals surface area contributed by atoms with Gasteiger partial charge in [-0.2, -0.15) is 0 Å². The van der Waals surface area contributed by atoms with E-state index in [1.807, 2.05) is 0 Å². The molecule has 1 aromatic carbocycles. The number of fused-ring (bicyclic) bond motifs is 1. The molecule has 2 atom stereocenters. The SMILES string of the molecule is CCNCC1COCCN1CC1Cc2ccccc2S1. The minimum absolute atomic E-state index is 0.535. The fourth-order valence-corrected chi connectivity index (χ4v) is 4.39. The quantitative estimate of drug-likeness (QED) is 0.897. The monoisotopic (exact) mass is 292 g/mol. The molecule has 2 unspecified atom stereocenters. The summed E-state index contributed by atoms with van der Waals surface area (Å²) in [5.74, 6) is 0. The van der Waals surface area contributed by atoms with E-state index in [1.165, 1.54) is 23.4 Å². The zero-order chi connectivity index (χ0) is 13.8. The van der Waals surface area contributed by atoms with Gasteiger partial charge in [0.05, 0.1) is 13.2 Å². The smallest absolute Gasteiger partial charge is 0.0634 e. The zero-order valence-corrected chi connectivity index (χ0v) is 13.0. The normalized spacial score (nSPS) is 26.6. The fourth-order valence-electron chi connectivity index (χ4n) is 3.05. The molecule has 0 saturated carbocycles. The topological polar surface area (TPSA) is 24.5 Å². The van der Waals surface area contributed by atoms with Crippen LogP contribution in [-0.4, -0.2) is 55.6 Å². The van der Waals surface area contributed by atoms with E-state index in [0.29, 0.717) is 11.3 Å². The van der Waals surface area contributed by atoms with E-state index in [-0.39, 0.29) is 0 Å². The lowest BCUT2D eigenvalue weighted by molar-refractivity contribution is -0.00614. The molecule has 0 amide bonds. The molecule has 2 aliphatic heterocycles. The number of nitrogens with zero attached hydrogens (tertiary/aromatic N) is 1. The van der Waals surface area contributed by atoms with Crippen LogP contribution in [0.5, 0.6) is 0 Å². The van der Waals surface area contributed by atoms with Gasteiger partial charge in [0, 0.05) is 35.8 Å². The number of morpholine rings is 1. The van der Waals surface area contributed by atoms with Gasteiger partial charge in [-0.25, -0.2) is 0 Å². The summed E-state index contributed by atoms with van der Waals surface area (Å²) in [6.07, 6.45) is 1.21. The number of hydrogen-bond donors (Lipinski definition) is 1. The molecule has 20 heavy (non-hydrogen) atoms. The Kier molecular flexibility index (Phi) is 4.99. The van der Waals surface area contributed by atoms with E-state index in [2.05, 4.69) is 53.2 Å². The second kappa shape index (κ2) is 6.94. The standard InChI is InChI=1S/C16H24N2OS/c1-2-17-10-14-12-19-8-7-18(14)11-15-9-13-5-3-4-6-16(13)20-15/h3-6,14-15,17H,2,7-12H2,1H3. The van der Waals surface area contributed by atoms with Crippen molar-refractivity contribution in [1.29, 1.82) is 0 Å². The van der Waals surface area contributed by atoms with Crippen LogP contribution in [0.15, 0.2) is 29.2 Å². The van der Waals surface area contributed by atoms with Crippen molar-refractivity contribution in [2.24, 2.45) is 0 Å². The van der Waals surface area contributed by atoms with Crippen molar-refractivity contribution in [3.05, 3.63) is 29.8 Å². The third-order valence-corrected chi connectivity index (χ3v) is 5.43. The Morgan fingerprint density at radius 3 is 3.15 bits per heavy atom. The molecule has 1 aromatic rings. The lowest BCUT2D eigenvalue weighted by Crippen LogP contribution is -2.52. The maximum Gasteiger partial charge on any atom is 0.0634 e. The number of hydrogen-bond acceptors (Lipinski definition) is 4. The van der Waals surface area contributed by atoms with Gasteiger partial charge in [-0.1, -0.05) is 25.1 Å². The van der Waals surface area contributed by atoms with Crippen LogP contribution in [0.4, 0.5) is 0 Å². The second-order valence-corrected chi connectivity index (χ2v) is 6.93. The zero-order valence-electron chi connectivity index (χ0n) is 12.2. The van der Waals surface area contributed by atoms with Gasteiger partial charge in [-0.15, -0.1) is 11.8 Å². The molecule has 2 heterocycles. The van der Waals surface area contributed by atoms with Crippen LogP contribution in [0.2, 0.25) is 0 Å². The first-order chi connectivity index (χ1) is 9.86. The number of thioether (sulfide) groups is 1. The summed E-state index contributed by atoms with van der Waals surface area (Å²) in [6.45, 7) is 8.25. The molecule has 110 valence electrons. The van der Waals surface area contributed by atoms with E-state index in [4.69, 9.17) is 4.74 Å². The lowest BCUT2D eigenvalue weighted by atomic mass is 10.1. The summed E-state index contributed by atoms with van der Waals surface area (Å²) in [4.78, 5) is 4.10. The van der Waals surface area contributed by atoms with E-state index in [9.17, 15) is 0 Å². The molecular weight excluding hydrogens is 268 g/mol. The van der Waals surface area contributed by atoms with Crippen molar-refractivity contribution in [2.75, 3.05) is 39.4 Å². The van der Waals surface area contributed by atoms with Crippen LogP contribution < -0.4 is 5.32 Å². The van der Waals surface area contributed by atoms with Crippen LogP contribution in [-0.2, 0) is 11.2 Å². The highest BCUT2D eigenvalue weighted by Gasteiger charge is 2.28.